The van der Waals surface area contributed by atoms with Crippen LogP contribution in [-0.2, 0) is 4.79 Å². The average molecular weight is 294 g/mol. The Balaban J connectivity index is 3.03. The summed E-state index contributed by atoms with van der Waals surface area (Å²) < 4.78 is 0. The number of hydrogen-bond donors (Lipinski definition) is 2. The van der Waals surface area contributed by atoms with Gasteiger partial charge in [-0.05, 0) is 37.8 Å². The van der Waals surface area contributed by atoms with Gasteiger partial charge >= 0.3 is 6.03 Å². The lowest BCUT2D eigenvalue weighted by atomic mass is 10.1. The van der Waals surface area contributed by atoms with Crippen LogP contribution in [0.3, 0.4) is 0 Å². The van der Waals surface area contributed by atoms with E-state index in [0.717, 1.165) is 16.0 Å². The zero-order valence-corrected chi connectivity index (χ0v) is 13.4. The molecule has 0 spiro atoms. The molecule has 5 heteroatoms. The molecule has 0 heterocycles. The Morgan fingerprint density at radius 2 is 1.65 bits per heavy atom. The molecule has 0 aliphatic carbocycles. The summed E-state index contributed by atoms with van der Waals surface area (Å²) in [5, 5.41) is 1.83. The average Bonchev–Trinajstić information content (AvgIpc) is 2.25. The standard InChI is InChI=1S/C15H22N2O2S/c1-8(2)12(14(18)17-15(16)19)20-13-10(4)6-9(3)7-11(13)5/h6-8,12H,1-5H3,(H3,16,17,18,19)/t12-/m0/s1. The van der Waals surface area contributed by atoms with Gasteiger partial charge in [0.25, 0.3) is 0 Å². The fraction of sp³-hybridized carbons (Fsp3) is 0.467. The first-order valence-electron chi connectivity index (χ1n) is 6.57. The van der Waals surface area contributed by atoms with Crippen molar-refractivity contribution in [2.45, 2.75) is 44.8 Å². The number of thioether (sulfide) groups is 1. The van der Waals surface area contributed by atoms with E-state index in [-0.39, 0.29) is 17.1 Å². The van der Waals surface area contributed by atoms with Gasteiger partial charge in [-0.15, -0.1) is 11.8 Å². The molecule has 1 rings (SSSR count). The number of nitrogens with two attached hydrogens (primary N) is 1. The van der Waals surface area contributed by atoms with Crippen molar-refractivity contribution >= 4 is 23.7 Å². The third-order valence-corrected chi connectivity index (χ3v) is 4.85. The van der Waals surface area contributed by atoms with Crippen molar-refractivity contribution in [1.29, 1.82) is 0 Å². The number of carbonyl (C=O) groups excluding carboxylic acids is 2. The van der Waals surface area contributed by atoms with Gasteiger partial charge in [0.1, 0.15) is 0 Å². The normalized spacial score (nSPS) is 12.3. The van der Waals surface area contributed by atoms with E-state index in [9.17, 15) is 9.59 Å². The molecule has 3 amide bonds. The topological polar surface area (TPSA) is 72.2 Å². The predicted octanol–water partition coefficient (Wildman–Crippen LogP) is 2.92. The minimum absolute atomic E-state index is 0.0967. The van der Waals surface area contributed by atoms with E-state index >= 15 is 0 Å². The zero-order valence-electron chi connectivity index (χ0n) is 12.6. The minimum atomic E-state index is -0.807. The maximum atomic E-state index is 12.1. The van der Waals surface area contributed by atoms with Crippen molar-refractivity contribution in [3.8, 4) is 0 Å². The van der Waals surface area contributed by atoms with Crippen LogP contribution in [0.2, 0.25) is 0 Å². The molecule has 0 bridgehead atoms. The van der Waals surface area contributed by atoms with Gasteiger partial charge in [0.2, 0.25) is 5.91 Å². The van der Waals surface area contributed by atoms with Crippen molar-refractivity contribution in [2.24, 2.45) is 11.7 Å². The van der Waals surface area contributed by atoms with E-state index in [1.54, 1.807) is 0 Å². The lowest BCUT2D eigenvalue weighted by Gasteiger charge is -2.21. The van der Waals surface area contributed by atoms with E-state index in [1.807, 2.05) is 34.6 Å². The highest BCUT2D eigenvalue weighted by Crippen LogP contribution is 2.34. The number of aryl methyl sites for hydroxylation is 3. The highest BCUT2D eigenvalue weighted by atomic mass is 32.2. The first-order chi connectivity index (χ1) is 9.22. The third kappa shape index (κ3) is 4.27. The number of nitrogens with one attached hydrogen (secondary N) is 1. The van der Waals surface area contributed by atoms with Crippen LogP contribution in [0.15, 0.2) is 17.0 Å². The van der Waals surface area contributed by atoms with E-state index in [2.05, 4.69) is 17.4 Å². The summed E-state index contributed by atoms with van der Waals surface area (Å²) in [6, 6.07) is 3.39. The van der Waals surface area contributed by atoms with Crippen molar-refractivity contribution in [3.05, 3.63) is 28.8 Å². The largest absolute Gasteiger partial charge is 0.351 e. The Morgan fingerprint density at radius 3 is 2.05 bits per heavy atom. The van der Waals surface area contributed by atoms with E-state index in [4.69, 9.17) is 5.73 Å². The Morgan fingerprint density at radius 1 is 1.15 bits per heavy atom. The van der Waals surface area contributed by atoms with Crippen LogP contribution in [0.5, 0.6) is 0 Å². The predicted molar refractivity (Wildman–Crippen MR) is 82.9 cm³/mol. The molecule has 0 aromatic heterocycles. The maximum Gasteiger partial charge on any atom is 0.318 e. The minimum Gasteiger partial charge on any atom is -0.351 e. The van der Waals surface area contributed by atoms with Crippen LogP contribution in [0, 0.1) is 26.7 Å². The van der Waals surface area contributed by atoms with Crippen molar-refractivity contribution in [2.75, 3.05) is 0 Å². The van der Waals surface area contributed by atoms with Crippen LogP contribution in [0.1, 0.15) is 30.5 Å². The summed E-state index contributed by atoms with van der Waals surface area (Å²) in [6.07, 6.45) is 0. The van der Waals surface area contributed by atoms with Crippen LogP contribution < -0.4 is 11.1 Å². The van der Waals surface area contributed by atoms with Gasteiger partial charge in [0.05, 0.1) is 5.25 Å². The second kappa shape index (κ2) is 6.79. The quantitative estimate of drug-likeness (QED) is 0.839. The zero-order chi connectivity index (χ0) is 15.4. The number of rotatable bonds is 4. The highest BCUT2D eigenvalue weighted by molar-refractivity contribution is 8.00. The summed E-state index contributed by atoms with van der Waals surface area (Å²) in [7, 11) is 0. The molecule has 0 fully saturated rings. The van der Waals surface area contributed by atoms with Gasteiger partial charge in [-0.1, -0.05) is 31.5 Å². The van der Waals surface area contributed by atoms with Crippen LogP contribution in [-0.4, -0.2) is 17.2 Å². The van der Waals surface area contributed by atoms with Crippen LogP contribution in [0.25, 0.3) is 0 Å². The summed E-state index contributed by atoms with van der Waals surface area (Å²) in [4.78, 5) is 24.0. The molecular weight excluding hydrogens is 272 g/mol. The number of urea groups is 1. The highest BCUT2D eigenvalue weighted by Gasteiger charge is 2.25. The molecule has 20 heavy (non-hydrogen) atoms. The number of amides is 3. The summed E-state index contributed by atoms with van der Waals surface area (Å²) >= 11 is 1.49. The first kappa shape index (κ1) is 16.6. The van der Waals surface area contributed by atoms with Gasteiger partial charge in [0, 0.05) is 4.90 Å². The summed E-state index contributed by atoms with van der Waals surface area (Å²) in [5.41, 5.74) is 8.51. The molecule has 0 unspecified atom stereocenters. The number of hydrogen-bond acceptors (Lipinski definition) is 3. The smallest absolute Gasteiger partial charge is 0.318 e. The molecule has 3 N–H and O–H groups in total. The van der Waals surface area contributed by atoms with Crippen LogP contribution >= 0.6 is 11.8 Å². The van der Waals surface area contributed by atoms with Gasteiger partial charge in [-0.2, -0.15) is 0 Å². The molecule has 110 valence electrons. The number of imide groups is 1. The van der Waals surface area contributed by atoms with Crippen molar-refractivity contribution < 1.29 is 9.59 Å². The molecule has 0 saturated carbocycles. The summed E-state index contributed by atoms with van der Waals surface area (Å²) in [6.45, 7) is 10.0. The molecule has 4 nitrogen and oxygen atoms in total. The Labute approximate surface area is 124 Å². The van der Waals surface area contributed by atoms with Crippen molar-refractivity contribution in [3.63, 3.8) is 0 Å². The number of carbonyl (C=O) groups is 2. The SMILES string of the molecule is Cc1cc(C)c(S[C@H](C(=O)NC(N)=O)C(C)C)c(C)c1. The fourth-order valence-corrected chi connectivity index (χ4v) is 3.35. The number of benzene rings is 1. The summed E-state index contributed by atoms with van der Waals surface area (Å²) in [5.74, 6) is -0.240. The lowest BCUT2D eigenvalue weighted by Crippen LogP contribution is -2.42. The Kier molecular flexibility index (Phi) is 5.62. The van der Waals surface area contributed by atoms with Crippen LogP contribution in [0.4, 0.5) is 4.79 Å². The van der Waals surface area contributed by atoms with E-state index in [1.165, 1.54) is 17.3 Å². The van der Waals surface area contributed by atoms with Crippen molar-refractivity contribution in [1.82, 2.24) is 5.32 Å². The number of primary amides is 1. The van der Waals surface area contributed by atoms with Gasteiger partial charge in [-0.3, -0.25) is 10.1 Å². The van der Waals surface area contributed by atoms with E-state index < -0.39 is 6.03 Å². The second-order valence-corrected chi connectivity index (χ2v) is 6.52. The first-order valence-corrected chi connectivity index (χ1v) is 7.45. The monoisotopic (exact) mass is 294 g/mol. The maximum absolute atomic E-state index is 12.1. The van der Waals surface area contributed by atoms with Gasteiger partial charge in [0.15, 0.2) is 0 Å². The van der Waals surface area contributed by atoms with Gasteiger partial charge < -0.3 is 5.73 Å². The molecular formula is C15H22N2O2S. The molecule has 0 aliphatic heterocycles. The molecule has 1 aromatic rings. The Hall–Kier alpha value is -1.49. The van der Waals surface area contributed by atoms with Gasteiger partial charge in [-0.25, -0.2) is 4.79 Å². The van der Waals surface area contributed by atoms with E-state index in [0.29, 0.717) is 0 Å². The molecule has 1 atom stereocenters. The molecule has 0 radical (unpaired) electrons. The molecule has 1 aromatic carbocycles. The Bertz CT molecular complexity index is 504. The third-order valence-electron chi connectivity index (χ3n) is 2.96. The second-order valence-electron chi connectivity index (χ2n) is 5.36. The fourth-order valence-electron chi connectivity index (χ4n) is 2.16. The lowest BCUT2D eigenvalue weighted by molar-refractivity contribution is -0.120. The molecule has 0 saturated heterocycles. The molecule has 0 aliphatic rings.